The molecule has 2 heterocycles. The van der Waals surface area contributed by atoms with Crippen molar-refractivity contribution in [2.75, 3.05) is 0 Å². The molecule has 0 spiro atoms. The largest absolute Gasteiger partial charge is 0.346 e. The molecule has 0 fully saturated rings. The molecule has 0 atom stereocenters. The van der Waals surface area contributed by atoms with E-state index in [1.165, 1.54) is 0 Å². The van der Waals surface area contributed by atoms with Gasteiger partial charge in [-0.15, -0.1) is 0 Å². The monoisotopic (exact) mass is 289 g/mol. The number of nitrogens with zero attached hydrogens (tertiary/aromatic N) is 2. The van der Waals surface area contributed by atoms with Crippen molar-refractivity contribution in [3.8, 4) is 0 Å². The molecular formula is C18H15N3O. The van der Waals surface area contributed by atoms with Gasteiger partial charge in [-0.3, -0.25) is 4.79 Å². The van der Waals surface area contributed by atoms with Gasteiger partial charge in [-0.05, 0) is 6.07 Å². The summed E-state index contributed by atoms with van der Waals surface area (Å²) in [5.74, 6) is -0.0851. The lowest BCUT2D eigenvalue weighted by molar-refractivity contribution is -0.120. The number of carbonyl (C=O) groups is 1. The highest BCUT2D eigenvalue weighted by atomic mass is 16.2. The number of benzene rings is 2. The van der Waals surface area contributed by atoms with E-state index in [0.717, 1.165) is 33.4 Å². The van der Waals surface area contributed by atoms with E-state index in [0.29, 0.717) is 6.42 Å². The molecule has 1 N–H and O–H groups in total. The van der Waals surface area contributed by atoms with Crippen molar-refractivity contribution in [3.05, 3.63) is 71.4 Å². The molecule has 0 saturated heterocycles. The maximum Gasteiger partial charge on any atom is 0.246 e. The fourth-order valence-electron chi connectivity index (χ4n) is 3.09. The molecule has 0 radical (unpaired) electrons. The van der Waals surface area contributed by atoms with E-state index in [4.69, 9.17) is 0 Å². The average Bonchev–Trinajstić information content (AvgIpc) is 2.71. The highest BCUT2D eigenvalue weighted by Gasteiger charge is 2.24. The van der Waals surface area contributed by atoms with Crippen molar-refractivity contribution in [1.82, 2.24) is 9.99 Å². The van der Waals surface area contributed by atoms with Crippen molar-refractivity contribution in [1.29, 1.82) is 0 Å². The molecule has 108 valence electrons. The van der Waals surface area contributed by atoms with Crippen LogP contribution in [-0.2, 0) is 18.3 Å². The Hall–Kier alpha value is -2.88. The lowest BCUT2D eigenvalue weighted by Gasteiger charge is -2.06. The summed E-state index contributed by atoms with van der Waals surface area (Å²) in [7, 11) is 2.00. The summed E-state index contributed by atoms with van der Waals surface area (Å²) in [4.78, 5) is 12.0. The van der Waals surface area contributed by atoms with Crippen LogP contribution < -0.4 is 5.43 Å². The Kier molecular flexibility index (Phi) is 2.82. The van der Waals surface area contributed by atoms with E-state index in [1.54, 1.807) is 0 Å². The second-order valence-corrected chi connectivity index (χ2v) is 5.44. The minimum Gasteiger partial charge on any atom is -0.346 e. The van der Waals surface area contributed by atoms with Gasteiger partial charge in [0.25, 0.3) is 0 Å². The number of carbonyl (C=O) groups excluding carboxylic acids is 1. The third kappa shape index (κ3) is 1.84. The first-order valence-electron chi connectivity index (χ1n) is 7.24. The first-order chi connectivity index (χ1) is 10.8. The van der Waals surface area contributed by atoms with E-state index in [-0.39, 0.29) is 5.91 Å². The molecule has 0 aliphatic carbocycles. The van der Waals surface area contributed by atoms with Crippen LogP contribution in [0.2, 0.25) is 0 Å². The Morgan fingerprint density at radius 3 is 2.59 bits per heavy atom. The quantitative estimate of drug-likeness (QED) is 0.735. The molecule has 1 aromatic heterocycles. The van der Waals surface area contributed by atoms with Crippen LogP contribution in [0, 0.1) is 0 Å². The van der Waals surface area contributed by atoms with Gasteiger partial charge >= 0.3 is 0 Å². The standard InChI is InChI=1S/C18H15N3O/c1-21-14-10-6-5-9-13(14)17-15(21)11-16(22)19-20-18(17)12-7-3-2-4-8-12/h2-10H,11H2,1H3,(H,19,22). The number of hydrogen-bond acceptors (Lipinski definition) is 2. The minimum absolute atomic E-state index is 0.0851. The molecule has 1 amide bonds. The summed E-state index contributed by atoms with van der Waals surface area (Å²) in [5, 5.41) is 5.51. The molecule has 3 aromatic rings. The van der Waals surface area contributed by atoms with Gasteiger partial charge in [-0.25, -0.2) is 5.43 Å². The van der Waals surface area contributed by atoms with Gasteiger partial charge in [0, 0.05) is 34.8 Å². The predicted molar refractivity (Wildman–Crippen MR) is 86.8 cm³/mol. The van der Waals surface area contributed by atoms with Crippen LogP contribution in [0.4, 0.5) is 0 Å². The van der Waals surface area contributed by atoms with Gasteiger partial charge < -0.3 is 4.57 Å². The zero-order valence-corrected chi connectivity index (χ0v) is 12.2. The number of aromatic nitrogens is 1. The average molecular weight is 289 g/mol. The first-order valence-corrected chi connectivity index (χ1v) is 7.24. The van der Waals surface area contributed by atoms with Crippen molar-refractivity contribution in [3.63, 3.8) is 0 Å². The van der Waals surface area contributed by atoms with Gasteiger partial charge in [-0.2, -0.15) is 5.10 Å². The van der Waals surface area contributed by atoms with Crippen molar-refractivity contribution in [2.24, 2.45) is 12.1 Å². The van der Waals surface area contributed by atoms with E-state index >= 15 is 0 Å². The Morgan fingerprint density at radius 1 is 1.05 bits per heavy atom. The van der Waals surface area contributed by atoms with E-state index in [1.807, 2.05) is 49.5 Å². The summed E-state index contributed by atoms with van der Waals surface area (Å²) in [5.41, 5.74) is 7.63. The summed E-state index contributed by atoms with van der Waals surface area (Å²) in [6.45, 7) is 0. The Labute approximate surface area is 128 Å². The van der Waals surface area contributed by atoms with Gasteiger partial charge in [0.1, 0.15) is 5.71 Å². The molecule has 1 aliphatic heterocycles. The number of fused-ring (bicyclic) bond motifs is 3. The van der Waals surface area contributed by atoms with Crippen LogP contribution in [0.5, 0.6) is 0 Å². The summed E-state index contributed by atoms with van der Waals surface area (Å²) < 4.78 is 2.09. The van der Waals surface area contributed by atoms with Crippen molar-refractivity contribution in [2.45, 2.75) is 6.42 Å². The van der Waals surface area contributed by atoms with Crippen molar-refractivity contribution >= 4 is 22.5 Å². The smallest absolute Gasteiger partial charge is 0.246 e. The number of aryl methyl sites for hydroxylation is 1. The van der Waals surface area contributed by atoms with Gasteiger partial charge in [0.05, 0.1) is 6.42 Å². The van der Waals surface area contributed by atoms with Crippen LogP contribution >= 0.6 is 0 Å². The van der Waals surface area contributed by atoms with E-state index in [2.05, 4.69) is 27.2 Å². The molecule has 4 rings (SSSR count). The Balaban J connectivity index is 2.08. The number of nitrogens with one attached hydrogen (secondary N) is 1. The molecule has 1 aliphatic rings. The SMILES string of the molecule is Cn1c2c(c3ccccc31)C(c1ccccc1)=NNC(=O)C2. The zero-order chi connectivity index (χ0) is 15.1. The van der Waals surface area contributed by atoms with E-state index in [9.17, 15) is 4.79 Å². The molecule has 4 heteroatoms. The molecule has 2 aromatic carbocycles. The number of hydrogen-bond donors (Lipinski definition) is 1. The topological polar surface area (TPSA) is 46.4 Å². The second kappa shape index (κ2) is 4.84. The lowest BCUT2D eigenvalue weighted by Crippen LogP contribution is -2.19. The van der Waals surface area contributed by atoms with Crippen LogP contribution in [0.15, 0.2) is 59.7 Å². The van der Waals surface area contributed by atoms with Crippen molar-refractivity contribution < 1.29 is 4.79 Å². The fraction of sp³-hybridized carbons (Fsp3) is 0.111. The number of rotatable bonds is 1. The number of para-hydroxylation sites is 1. The molecule has 0 bridgehead atoms. The van der Waals surface area contributed by atoms with Gasteiger partial charge in [0.2, 0.25) is 5.91 Å². The first kappa shape index (κ1) is 12.8. The maximum atomic E-state index is 12.0. The summed E-state index contributed by atoms with van der Waals surface area (Å²) in [6.07, 6.45) is 0.334. The molecule has 0 saturated carbocycles. The Bertz CT molecular complexity index is 907. The normalized spacial score (nSPS) is 14.2. The van der Waals surface area contributed by atoms with Crippen LogP contribution in [-0.4, -0.2) is 16.2 Å². The Morgan fingerprint density at radius 2 is 1.77 bits per heavy atom. The third-order valence-corrected chi connectivity index (χ3v) is 4.13. The summed E-state index contributed by atoms with van der Waals surface area (Å²) in [6, 6.07) is 18.2. The summed E-state index contributed by atoms with van der Waals surface area (Å²) >= 11 is 0. The molecular weight excluding hydrogens is 274 g/mol. The molecule has 22 heavy (non-hydrogen) atoms. The zero-order valence-electron chi connectivity index (χ0n) is 12.2. The number of hydrazone groups is 1. The van der Waals surface area contributed by atoms with Crippen LogP contribution in [0.25, 0.3) is 10.9 Å². The highest BCUT2D eigenvalue weighted by Crippen LogP contribution is 2.29. The highest BCUT2D eigenvalue weighted by molar-refractivity contribution is 6.21. The third-order valence-electron chi connectivity index (χ3n) is 4.13. The lowest BCUT2D eigenvalue weighted by atomic mass is 9.98. The number of amides is 1. The van der Waals surface area contributed by atoms with Gasteiger partial charge in [0.15, 0.2) is 0 Å². The van der Waals surface area contributed by atoms with Crippen LogP contribution in [0.3, 0.4) is 0 Å². The predicted octanol–water partition coefficient (Wildman–Crippen LogP) is 2.60. The minimum atomic E-state index is -0.0851. The van der Waals surface area contributed by atoms with E-state index < -0.39 is 0 Å². The second-order valence-electron chi connectivity index (χ2n) is 5.44. The maximum absolute atomic E-state index is 12.0. The fourth-order valence-corrected chi connectivity index (χ4v) is 3.09. The molecule has 0 unspecified atom stereocenters. The van der Waals surface area contributed by atoms with Crippen LogP contribution in [0.1, 0.15) is 16.8 Å². The van der Waals surface area contributed by atoms with Gasteiger partial charge in [-0.1, -0.05) is 48.5 Å². The molecule has 4 nitrogen and oxygen atoms in total.